The number of rotatable bonds is 5. The van der Waals surface area contributed by atoms with Crippen LogP contribution in [0.3, 0.4) is 0 Å². The third-order valence-corrected chi connectivity index (χ3v) is 6.82. The van der Waals surface area contributed by atoms with E-state index >= 15 is 0 Å². The second kappa shape index (κ2) is 10.3. The van der Waals surface area contributed by atoms with Crippen molar-refractivity contribution in [2.75, 3.05) is 12.3 Å². The Bertz CT molecular complexity index is 1280. The van der Waals surface area contributed by atoms with E-state index in [0.29, 0.717) is 30.1 Å². The van der Waals surface area contributed by atoms with E-state index in [1.807, 2.05) is 57.2 Å². The molecule has 0 unspecified atom stereocenters. The molecule has 0 atom stereocenters. The third-order valence-electron chi connectivity index (χ3n) is 6.59. The molecular formula is C27H32ClN5O3. The SMILES string of the molecule is CC(C)(C)OC(=O)NC[C@]1(c2cccc(Cl)c2)CC[C@@H](n2nc(-c3cccnc3)cc(N)c2=O)CC1. The molecule has 4 rings (SSSR count). The number of alkyl carbamates (subject to hydrolysis) is 1. The van der Waals surface area contributed by atoms with Gasteiger partial charge in [0.2, 0.25) is 0 Å². The highest BCUT2D eigenvalue weighted by molar-refractivity contribution is 6.30. The van der Waals surface area contributed by atoms with Crippen LogP contribution in [-0.2, 0) is 10.2 Å². The van der Waals surface area contributed by atoms with Gasteiger partial charge in [-0.3, -0.25) is 9.78 Å². The molecule has 0 bridgehead atoms. The van der Waals surface area contributed by atoms with Crippen LogP contribution in [0.25, 0.3) is 11.3 Å². The van der Waals surface area contributed by atoms with E-state index in [0.717, 1.165) is 24.0 Å². The van der Waals surface area contributed by atoms with Crippen molar-refractivity contribution < 1.29 is 9.53 Å². The smallest absolute Gasteiger partial charge is 0.407 e. The average molecular weight is 510 g/mol. The Morgan fingerprint density at radius 2 is 1.97 bits per heavy atom. The average Bonchev–Trinajstić information content (AvgIpc) is 2.84. The molecular weight excluding hydrogens is 478 g/mol. The molecule has 8 nitrogen and oxygen atoms in total. The highest BCUT2D eigenvalue weighted by Crippen LogP contribution is 2.43. The Hall–Kier alpha value is -3.39. The Kier molecular flexibility index (Phi) is 7.36. The molecule has 1 aromatic carbocycles. The van der Waals surface area contributed by atoms with Crippen molar-refractivity contribution >= 4 is 23.4 Å². The number of nitrogen functional groups attached to an aromatic ring is 1. The molecule has 3 N–H and O–H groups in total. The summed E-state index contributed by atoms with van der Waals surface area (Å²) in [4.78, 5) is 29.5. The predicted octanol–water partition coefficient (Wildman–Crippen LogP) is 5.12. The molecule has 36 heavy (non-hydrogen) atoms. The summed E-state index contributed by atoms with van der Waals surface area (Å²) in [5.41, 5.74) is 7.46. The van der Waals surface area contributed by atoms with Crippen LogP contribution >= 0.6 is 11.6 Å². The van der Waals surface area contributed by atoms with Crippen LogP contribution in [0.5, 0.6) is 0 Å². The summed E-state index contributed by atoms with van der Waals surface area (Å²) in [6.07, 6.45) is 5.74. The first-order valence-corrected chi connectivity index (χ1v) is 12.5. The van der Waals surface area contributed by atoms with Gasteiger partial charge in [0, 0.05) is 34.9 Å². The molecule has 9 heteroatoms. The van der Waals surface area contributed by atoms with E-state index in [9.17, 15) is 9.59 Å². The number of benzene rings is 1. The fourth-order valence-corrected chi connectivity index (χ4v) is 4.97. The molecule has 1 saturated carbocycles. The van der Waals surface area contributed by atoms with Crippen LogP contribution in [0.15, 0.2) is 59.7 Å². The lowest BCUT2D eigenvalue weighted by Gasteiger charge is -2.41. The fraction of sp³-hybridized carbons (Fsp3) is 0.407. The minimum atomic E-state index is -0.586. The van der Waals surface area contributed by atoms with Crippen LogP contribution in [0, 0.1) is 0 Å². The summed E-state index contributed by atoms with van der Waals surface area (Å²) in [6.45, 7) is 5.90. The molecule has 1 fully saturated rings. The monoisotopic (exact) mass is 509 g/mol. The quantitative estimate of drug-likeness (QED) is 0.493. The van der Waals surface area contributed by atoms with Crippen LogP contribution in [-0.4, -0.2) is 33.0 Å². The van der Waals surface area contributed by atoms with Crippen molar-refractivity contribution in [1.29, 1.82) is 0 Å². The fourth-order valence-electron chi connectivity index (χ4n) is 4.78. The molecule has 190 valence electrons. The standard InChI is InChI=1S/C27H32ClN5O3/c1-26(2,3)36-25(35)31-17-27(19-7-4-8-20(28)14-19)11-9-21(10-12-27)33-24(34)22(29)15-23(32-33)18-6-5-13-30-16-18/h4-8,13-16,21H,9-12,17,29H2,1-3H3,(H,31,35)/t21-,27+. The van der Waals surface area contributed by atoms with Crippen molar-refractivity contribution in [1.82, 2.24) is 20.1 Å². The first-order chi connectivity index (χ1) is 17.1. The van der Waals surface area contributed by atoms with Gasteiger partial charge in [0.25, 0.3) is 5.56 Å². The molecule has 0 aliphatic heterocycles. The van der Waals surface area contributed by atoms with E-state index < -0.39 is 11.7 Å². The summed E-state index contributed by atoms with van der Waals surface area (Å²) in [5, 5.41) is 8.25. The van der Waals surface area contributed by atoms with Gasteiger partial charge in [-0.2, -0.15) is 5.10 Å². The first-order valence-electron chi connectivity index (χ1n) is 12.1. The zero-order valence-electron chi connectivity index (χ0n) is 20.8. The van der Waals surface area contributed by atoms with Gasteiger partial charge >= 0.3 is 6.09 Å². The maximum Gasteiger partial charge on any atom is 0.407 e. The minimum absolute atomic E-state index is 0.120. The summed E-state index contributed by atoms with van der Waals surface area (Å²) in [5.74, 6) is 0. The number of ether oxygens (including phenoxy) is 1. The van der Waals surface area contributed by atoms with E-state index in [1.54, 1.807) is 18.5 Å². The van der Waals surface area contributed by atoms with Crippen molar-refractivity contribution in [3.8, 4) is 11.3 Å². The summed E-state index contributed by atoms with van der Waals surface area (Å²) < 4.78 is 6.97. The van der Waals surface area contributed by atoms with Gasteiger partial charge in [-0.1, -0.05) is 23.7 Å². The number of carbonyl (C=O) groups excluding carboxylic acids is 1. The molecule has 0 spiro atoms. The number of carbonyl (C=O) groups is 1. The third kappa shape index (κ3) is 5.87. The molecule has 1 aliphatic carbocycles. The Labute approximate surface area is 215 Å². The topological polar surface area (TPSA) is 112 Å². The molecule has 1 aliphatic rings. The normalized spacial score (nSPS) is 20.1. The van der Waals surface area contributed by atoms with Gasteiger partial charge in [0.15, 0.2) is 0 Å². The van der Waals surface area contributed by atoms with Gasteiger partial charge < -0.3 is 15.8 Å². The van der Waals surface area contributed by atoms with E-state index in [-0.39, 0.29) is 22.7 Å². The lowest BCUT2D eigenvalue weighted by molar-refractivity contribution is 0.0504. The van der Waals surface area contributed by atoms with Crippen LogP contribution in [0.1, 0.15) is 58.1 Å². The minimum Gasteiger partial charge on any atom is -0.444 e. The van der Waals surface area contributed by atoms with Gasteiger partial charge in [0.05, 0.1) is 11.7 Å². The summed E-state index contributed by atoms with van der Waals surface area (Å²) in [6, 6.07) is 12.9. The van der Waals surface area contributed by atoms with Crippen molar-refractivity contribution in [2.45, 2.75) is 63.5 Å². The van der Waals surface area contributed by atoms with Gasteiger partial charge in [-0.15, -0.1) is 0 Å². The van der Waals surface area contributed by atoms with E-state index in [2.05, 4.69) is 15.4 Å². The second-order valence-corrected chi connectivity index (χ2v) is 10.8. The summed E-state index contributed by atoms with van der Waals surface area (Å²) >= 11 is 6.33. The number of pyridine rings is 1. The Morgan fingerprint density at radius 1 is 1.22 bits per heavy atom. The second-order valence-electron chi connectivity index (χ2n) is 10.4. The van der Waals surface area contributed by atoms with E-state index in [4.69, 9.17) is 22.1 Å². The highest BCUT2D eigenvalue weighted by Gasteiger charge is 2.39. The molecule has 3 aromatic rings. The number of anilines is 1. The number of hydrogen-bond acceptors (Lipinski definition) is 6. The number of aromatic nitrogens is 3. The number of halogens is 1. The lowest BCUT2D eigenvalue weighted by atomic mass is 9.68. The number of amides is 1. The van der Waals surface area contributed by atoms with E-state index in [1.165, 1.54) is 4.68 Å². The first kappa shape index (κ1) is 25.7. The molecule has 1 amide bonds. The van der Waals surface area contributed by atoms with Crippen LogP contribution in [0.2, 0.25) is 5.02 Å². The number of nitrogens with zero attached hydrogens (tertiary/aromatic N) is 3. The van der Waals surface area contributed by atoms with Crippen LogP contribution in [0.4, 0.5) is 10.5 Å². The largest absolute Gasteiger partial charge is 0.444 e. The Morgan fingerprint density at radius 3 is 2.61 bits per heavy atom. The number of hydrogen-bond donors (Lipinski definition) is 2. The van der Waals surface area contributed by atoms with Crippen molar-refractivity contribution in [3.05, 3.63) is 75.8 Å². The Balaban J connectivity index is 1.59. The zero-order valence-corrected chi connectivity index (χ0v) is 21.6. The number of nitrogens with one attached hydrogen (secondary N) is 1. The van der Waals surface area contributed by atoms with Gasteiger partial charge in [-0.05, 0) is 82.3 Å². The van der Waals surface area contributed by atoms with Gasteiger partial charge in [0.1, 0.15) is 11.3 Å². The molecule has 0 saturated heterocycles. The van der Waals surface area contributed by atoms with Crippen molar-refractivity contribution in [3.63, 3.8) is 0 Å². The maximum absolute atomic E-state index is 12.9. The lowest BCUT2D eigenvalue weighted by Crippen LogP contribution is -2.45. The molecule has 0 radical (unpaired) electrons. The van der Waals surface area contributed by atoms with Crippen molar-refractivity contribution in [2.24, 2.45) is 0 Å². The predicted molar refractivity (Wildman–Crippen MR) is 141 cm³/mol. The van der Waals surface area contributed by atoms with Crippen LogP contribution < -0.4 is 16.6 Å². The summed E-state index contributed by atoms with van der Waals surface area (Å²) in [7, 11) is 0. The highest BCUT2D eigenvalue weighted by atomic mass is 35.5. The maximum atomic E-state index is 12.9. The molecule has 2 aromatic heterocycles. The zero-order chi connectivity index (χ0) is 25.9. The van der Waals surface area contributed by atoms with Gasteiger partial charge in [-0.25, -0.2) is 9.48 Å². The molecule has 2 heterocycles. The number of nitrogens with two attached hydrogens (primary N) is 1.